The number of nitrogens with one attached hydrogen (secondary N) is 2. The Morgan fingerprint density at radius 1 is 1.03 bits per heavy atom. The van der Waals surface area contributed by atoms with E-state index in [0.29, 0.717) is 19.4 Å². The molecule has 1 atom stereocenters. The molecule has 2 rings (SSSR count). The van der Waals surface area contributed by atoms with Crippen LogP contribution >= 0.6 is 0 Å². The van der Waals surface area contributed by atoms with E-state index < -0.39 is 17.8 Å². The minimum atomic E-state index is -1.44. The maximum atomic E-state index is 13.0. The highest BCUT2D eigenvalue weighted by Gasteiger charge is 2.29. The number of hydrogen-bond acceptors (Lipinski definition) is 4. The number of aliphatic imine (C=N–C) groups is 1. The summed E-state index contributed by atoms with van der Waals surface area (Å²) in [7, 11) is 0. The van der Waals surface area contributed by atoms with Gasteiger partial charge in [0.2, 0.25) is 11.9 Å². The molecule has 1 heterocycles. The number of amides is 3. The molecule has 0 spiro atoms. The van der Waals surface area contributed by atoms with Crippen LogP contribution in [-0.4, -0.2) is 52.8 Å². The number of benzene rings is 1. The lowest BCUT2D eigenvalue weighted by Gasteiger charge is -2.34. The SMILES string of the molecule is CCCCCCCCCCc1ccc(NC(=O)[C@@H]2CCCN(C(=NC(=O)O)NC(=O)OC(C)(C)C)C2)cc1. The van der Waals surface area contributed by atoms with Crippen molar-refractivity contribution in [1.29, 1.82) is 0 Å². The lowest BCUT2D eigenvalue weighted by molar-refractivity contribution is -0.121. The number of carboxylic acid groups (broad SMARTS) is 1. The van der Waals surface area contributed by atoms with Gasteiger partial charge in [-0.15, -0.1) is 4.99 Å². The monoisotopic (exact) mass is 530 g/mol. The highest BCUT2D eigenvalue weighted by Crippen LogP contribution is 2.20. The molecule has 1 aliphatic heterocycles. The quantitative estimate of drug-likeness (QED) is 0.169. The second kappa shape index (κ2) is 16.0. The van der Waals surface area contributed by atoms with Gasteiger partial charge >= 0.3 is 12.2 Å². The van der Waals surface area contributed by atoms with Crippen molar-refractivity contribution in [1.82, 2.24) is 10.2 Å². The Bertz CT molecular complexity index is 924. The van der Waals surface area contributed by atoms with E-state index in [2.05, 4.69) is 34.7 Å². The first kappa shape index (κ1) is 31.1. The molecule has 3 N–H and O–H groups in total. The molecule has 1 fully saturated rings. The summed E-state index contributed by atoms with van der Waals surface area (Å²) in [5.41, 5.74) is 1.25. The molecule has 0 aliphatic carbocycles. The van der Waals surface area contributed by atoms with Gasteiger partial charge in [0.25, 0.3) is 0 Å². The molecular weight excluding hydrogens is 484 g/mol. The summed E-state index contributed by atoms with van der Waals surface area (Å²) in [4.78, 5) is 41.6. The topological polar surface area (TPSA) is 120 Å². The van der Waals surface area contributed by atoms with Crippen molar-refractivity contribution in [2.45, 2.75) is 104 Å². The number of nitrogens with zero attached hydrogens (tertiary/aromatic N) is 2. The molecule has 1 aliphatic rings. The highest BCUT2D eigenvalue weighted by atomic mass is 16.6. The molecule has 9 heteroatoms. The third-order valence-corrected chi connectivity index (χ3v) is 6.45. The van der Waals surface area contributed by atoms with Crippen molar-refractivity contribution in [2.24, 2.45) is 10.9 Å². The van der Waals surface area contributed by atoms with E-state index in [-0.39, 0.29) is 24.3 Å². The van der Waals surface area contributed by atoms with E-state index in [4.69, 9.17) is 4.74 Å². The number of ether oxygens (including phenoxy) is 1. The number of carbonyl (C=O) groups is 3. The average Bonchev–Trinajstić information content (AvgIpc) is 2.85. The number of aryl methyl sites for hydroxylation is 1. The summed E-state index contributed by atoms with van der Waals surface area (Å²) >= 11 is 0. The van der Waals surface area contributed by atoms with Gasteiger partial charge in [-0.05, 0) is 64.2 Å². The van der Waals surface area contributed by atoms with E-state index in [9.17, 15) is 19.5 Å². The van der Waals surface area contributed by atoms with E-state index in [1.807, 2.05) is 12.1 Å². The number of anilines is 1. The Morgan fingerprint density at radius 2 is 1.66 bits per heavy atom. The predicted octanol–water partition coefficient (Wildman–Crippen LogP) is 6.58. The molecule has 0 bridgehead atoms. The second-order valence-corrected chi connectivity index (χ2v) is 11.0. The maximum Gasteiger partial charge on any atom is 0.434 e. The Kier molecular flexibility index (Phi) is 13.1. The van der Waals surface area contributed by atoms with Gasteiger partial charge < -0.3 is 20.1 Å². The summed E-state index contributed by atoms with van der Waals surface area (Å²) in [6.07, 6.45) is 10.5. The molecule has 38 heavy (non-hydrogen) atoms. The molecule has 9 nitrogen and oxygen atoms in total. The van der Waals surface area contributed by atoms with E-state index in [1.165, 1.54) is 56.9 Å². The van der Waals surface area contributed by atoms with Crippen molar-refractivity contribution in [3.8, 4) is 0 Å². The fourth-order valence-corrected chi connectivity index (χ4v) is 4.51. The van der Waals surface area contributed by atoms with Crippen LogP contribution in [-0.2, 0) is 16.0 Å². The van der Waals surface area contributed by atoms with Gasteiger partial charge in [-0.3, -0.25) is 10.1 Å². The molecule has 0 aromatic heterocycles. The summed E-state index contributed by atoms with van der Waals surface area (Å²) < 4.78 is 5.23. The number of alkyl carbamates (subject to hydrolysis) is 1. The molecule has 3 amide bonds. The van der Waals surface area contributed by atoms with Crippen LogP contribution in [0.25, 0.3) is 0 Å². The summed E-state index contributed by atoms with van der Waals surface area (Å²) in [6, 6.07) is 7.98. The van der Waals surface area contributed by atoms with Crippen LogP contribution in [0.3, 0.4) is 0 Å². The minimum Gasteiger partial charge on any atom is -0.463 e. The van der Waals surface area contributed by atoms with Crippen molar-refractivity contribution in [3.63, 3.8) is 0 Å². The number of carbonyl (C=O) groups excluding carboxylic acids is 2. The normalized spacial score (nSPS) is 16.2. The van der Waals surface area contributed by atoms with Gasteiger partial charge in [-0.1, -0.05) is 64.0 Å². The summed E-state index contributed by atoms with van der Waals surface area (Å²) in [6.45, 7) is 8.09. The molecule has 212 valence electrons. The molecule has 1 aromatic carbocycles. The number of likely N-dealkylation sites (tertiary alicyclic amines) is 1. The lowest BCUT2D eigenvalue weighted by Crippen LogP contribution is -2.51. The van der Waals surface area contributed by atoms with Gasteiger partial charge in [-0.25, -0.2) is 9.59 Å². The van der Waals surface area contributed by atoms with Gasteiger partial charge in [0.15, 0.2) is 0 Å². The number of unbranched alkanes of at least 4 members (excludes halogenated alkanes) is 7. The predicted molar refractivity (Wildman–Crippen MR) is 151 cm³/mol. The summed E-state index contributed by atoms with van der Waals surface area (Å²) in [5, 5.41) is 14.6. The lowest BCUT2D eigenvalue weighted by atomic mass is 9.97. The van der Waals surface area contributed by atoms with Crippen LogP contribution in [0.4, 0.5) is 15.3 Å². The first-order valence-corrected chi connectivity index (χ1v) is 14.0. The number of piperidine rings is 1. The van der Waals surface area contributed by atoms with Crippen molar-refractivity contribution >= 4 is 29.7 Å². The van der Waals surface area contributed by atoms with Crippen LogP contribution < -0.4 is 10.6 Å². The fourth-order valence-electron chi connectivity index (χ4n) is 4.51. The number of guanidine groups is 1. The third-order valence-electron chi connectivity index (χ3n) is 6.45. The van der Waals surface area contributed by atoms with Crippen molar-refractivity contribution < 1.29 is 24.2 Å². The Hall–Kier alpha value is -3.10. The molecule has 0 radical (unpaired) electrons. The zero-order valence-corrected chi connectivity index (χ0v) is 23.6. The molecular formula is C29H46N4O5. The van der Waals surface area contributed by atoms with Crippen LogP contribution in [0.2, 0.25) is 0 Å². The maximum absolute atomic E-state index is 13.0. The molecule has 0 saturated carbocycles. The first-order valence-electron chi connectivity index (χ1n) is 14.0. The second-order valence-electron chi connectivity index (χ2n) is 11.0. The zero-order chi connectivity index (χ0) is 28.0. The third kappa shape index (κ3) is 12.4. The van der Waals surface area contributed by atoms with Crippen LogP contribution in [0.1, 0.15) is 97.5 Å². The van der Waals surface area contributed by atoms with Crippen LogP contribution in [0, 0.1) is 5.92 Å². The average molecular weight is 531 g/mol. The van der Waals surface area contributed by atoms with Crippen molar-refractivity contribution in [2.75, 3.05) is 18.4 Å². The van der Waals surface area contributed by atoms with E-state index >= 15 is 0 Å². The number of rotatable bonds is 11. The highest BCUT2D eigenvalue weighted by molar-refractivity contribution is 5.99. The van der Waals surface area contributed by atoms with Crippen LogP contribution in [0.5, 0.6) is 0 Å². The smallest absolute Gasteiger partial charge is 0.434 e. The Labute approximate surface area is 227 Å². The fraction of sp³-hybridized carbons (Fsp3) is 0.655. The molecule has 0 unspecified atom stereocenters. The van der Waals surface area contributed by atoms with E-state index in [1.54, 1.807) is 25.7 Å². The van der Waals surface area contributed by atoms with Gasteiger partial charge in [0, 0.05) is 18.8 Å². The van der Waals surface area contributed by atoms with Gasteiger partial charge in [-0.2, -0.15) is 0 Å². The zero-order valence-electron chi connectivity index (χ0n) is 23.6. The van der Waals surface area contributed by atoms with Crippen LogP contribution in [0.15, 0.2) is 29.3 Å². The first-order chi connectivity index (χ1) is 18.1. The van der Waals surface area contributed by atoms with Crippen molar-refractivity contribution in [3.05, 3.63) is 29.8 Å². The van der Waals surface area contributed by atoms with E-state index in [0.717, 1.165) is 12.1 Å². The standard InChI is InChI=1S/C29H46N4O5/c1-5-6-7-8-9-10-11-12-14-22-16-18-24(19-17-22)30-25(34)23-15-13-20-33(21-23)26(31-27(35)36)32-28(37)38-29(2,3)4/h16-19,23H,5-15,20-21H2,1-4H3,(H,30,34)(H,35,36)(H,31,32,37)/t23-/m1/s1. The largest absolute Gasteiger partial charge is 0.463 e. The Balaban J connectivity index is 1.84. The number of hydrogen-bond donors (Lipinski definition) is 3. The van der Waals surface area contributed by atoms with Gasteiger partial charge in [0.05, 0.1) is 5.92 Å². The Morgan fingerprint density at radius 3 is 2.26 bits per heavy atom. The summed E-state index contributed by atoms with van der Waals surface area (Å²) in [5.74, 6) is -0.646. The molecule has 1 aromatic rings. The minimum absolute atomic E-state index is 0.130. The van der Waals surface area contributed by atoms with Gasteiger partial charge in [0.1, 0.15) is 5.60 Å². The molecule has 1 saturated heterocycles.